The second-order valence-corrected chi connectivity index (χ2v) is 8.43. The Morgan fingerprint density at radius 1 is 1.00 bits per heavy atom. The zero-order valence-electron chi connectivity index (χ0n) is 17.2. The van der Waals surface area contributed by atoms with Crippen LogP contribution in [0.25, 0.3) is 11.3 Å². The highest BCUT2D eigenvalue weighted by Crippen LogP contribution is 2.38. The summed E-state index contributed by atoms with van der Waals surface area (Å²) < 4.78 is 0.882. The number of rotatable bonds is 7. The lowest BCUT2D eigenvalue weighted by molar-refractivity contribution is -0.137. The first-order valence-electron chi connectivity index (χ1n) is 10.2. The number of carbonyl (C=O) groups excluding carboxylic acids is 1. The monoisotopic (exact) mass is 491 g/mol. The molecular formula is C25H22BrN3O3. The molecule has 5 N–H and O–H groups in total. The molecule has 3 aromatic carbocycles. The summed E-state index contributed by atoms with van der Waals surface area (Å²) >= 11 is 3.45. The van der Waals surface area contributed by atoms with Gasteiger partial charge in [0.2, 0.25) is 0 Å². The molecule has 0 radical (unpaired) electrons. The molecule has 162 valence electrons. The number of carboxylic acid groups (broad SMARTS) is 1. The summed E-state index contributed by atoms with van der Waals surface area (Å²) in [4.78, 5) is 23.9. The molecule has 0 unspecified atom stereocenters. The number of nitrogens with one attached hydrogen (secondary N) is 2. The van der Waals surface area contributed by atoms with Gasteiger partial charge < -0.3 is 21.5 Å². The van der Waals surface area contributed by atoms with E-state index in [0.29, 0.717) is 24.2 Å². The first-order chi connectivity index (χ1) is 15.4. The number of aryl methyl sites for hydroxylation is 1. The summed E-state index contributed by atoms with van der Waals surface area (Å²) in [5, 5.41) is 15.3. The molecule has 1 aliphatic heterocycles. The Kier molecular flexibility index (Phi) is 6.39. The van der Waals surface area contributed by atoms with Crippen LogP contribution >= 0.6 is 15.9 Å². The van der Waals surface area contributed by atoms with Crippen LogP contribution in [0.2, 0.25) is 0 Å². The van der Waals surface area contributed by atoms with Gasteiger partial charge in [0, 0.05) is 28.7 Å². The van der Waals surface area contributed by atoms with E-state index in [2.05, 4.69) is 26.6 Å². The van der Waals surface area contributed by atoms with Crippen molar-refractivity contribution >= 4 is 50.5 Å². The average molecular weight is 492 g/mol. The normalized spacial score (nSPS) is 14.0. The van der Waals surface area contributed by atoms with Gasteiger partial charge in [0.05, 0.1) is 17.0 Å². The van der Waals surface area contributed by atoms with Crippen LogP contribution in [0.3, 0.4) is 0 Å². The highest BCUT2D eigenvalue weighted by molar-refractivity contribution is 9.10. The fourth-order valence-corrected chi connectivity index (χ4v) is 3.99. The molecular weight excluding hydrogens is 470 g/mol. The minimum Gasteiger partial charge on any atom is -0.481 e. The number of benzene rings is 3. The van der Waals surface area contributed by atoms with Crippen LogP contribution in [0.15, 0.2) is 71.2 Å². The summed E-state index contributed by atoms with van der Waals surface area (Å²) in [6, 6.07) is 21.0. The van der Waals surface area contributed by atoms with E-state index in [-0.39, 0.29) is 12.3 Å². The van der Waals surface area contributed by atoms with Gasteiger partial charge in [-0.1, -0.05) is 58.4 Å². The maximum absolute atomic E-state index is 13.0. The molecule has 0 aliphatic carbocycles. The number of nitrogens with two attached hydrogens (primary N) is 1. The van der Waals surface area contributed by atoms with E-state index in [4.69, 9.17) is 10.8 Å². The Bertz CT molecular complexity index is 1200. The lowest BCUT2D eigenvalue weighted by atomic mass is 9.98. The molecule has 0 saturated heterocycles. The largest absolute Gasteiger partial charge is 0.481 e. The highest BCUT2D eigenvalue weighted by Gasteiger charge is 2.28. The lowest BCUT2D eigenvalue weighted by Crippen LogP contribution is -2.10. The molecule has 3 aromatic rings. The number of hydrogen-bond donors (Lipinski definition) is 4. The Morgan fingerprint density at radius 2 is 1.69 bits per heavy atom. The van der Waals surface area contributed by atoms with Gasteiger partial charge in [0.1, 0.15) is 0 Å². The van der Waals surface area contributed by atoms with E-state index in [9.17, 15) is 9.59 Å². The van der Waals surface area contributed by atoms with Gasteiger partial charge in [0.25, 0.3) is 5.91 Å². The van der Waals surface area contributed by atoms with E-state index < -0.39 is 5.97 Å². The number of hydrogen-bond acceptors (Lipinski definition) is 4. The molecule has 0 saturated carbocycles. The van der Waals surface area contributed by atoms with Crippen LogP contribution in [0.1, 0.15) is 28.7 Å². The predicted octanol–water partition coefficient (Wildman–Crippen LogP) is 4.86. The fraction of sp³-hybridized carbons (Fsp3) is 0.120. The van der Waals surface area contributed by atoms with Crippen molar-refractivity contribution in [1.82, 2.24) is 0 Å². The zero-order valence-corrected chi connectivity index (χ0v) is 18.8. The van der Waals surface area contributed by atoms with E-state index in [1.165, 1.54) is 0 Å². The van der Waals surface area contributed by atoms with Crippen molar-refractivity contribution in [3.8, 4) is 0 Å². The number of aliphatic carboxylic acids is 1. The summed E-state index contributed by atoms with van der Waals surface area (Å²) in [5.74, 6) is -1.01. The van der Waals surface area contributed by atoms with Crippen molar-refractivity contribution < 1.29 is 14.7 Å². The van der Waals surface area contributed by atoms with Crippen molar-refractivity contribution in [2.75, 3.05) is 10.6 Å². The molecule has 1 amide bonds. The van der Waals surface area contributed by atoms with E-state index >= 15 is 0 Å². The SMILES string of the molecule is NCc1ccc(NC(=C2C(=O)Nc3cc(Br)ccc32)c2ccc(CCC(=O)O)cc2)cc1. The van der Waals surface area contributed by atoms with Crippen molar-refractivity contribution in [2.45, 2.75) is 19.4 Å². The Hall–Kier alpha value is -3.42. The van der Waals surface area contributed by atoms with Gasteiger partial charge in [-0.2, -0.15) is 0 Å². The van der Waals surface area contributed by atoms with Crippen molar-refractivity contribution in [3.05, 3.63) is 93.5 Å². The van der Waals surface area contributed by atoms with E-state index in [1.54, 1.807) is 0 Å². The molecule has 0 aromatic heterocycles. The van der Waals surface area contributed by atoms with Crippen LogP contribution in [0, 0.1) is 0 Å². The fourth-order valence-electron chi connectivity index (χ4n) is 3.63. The lowest BCUT2D eigenvalue weighted by Gasteiger charge is -2.16. The summed E-state index contributed by atoms with van der Waals surface area (Å²) in [7, 11) is 0. The van der Waals surface area contributed by atoms with Crippen molar-refractivity contribution in [2.24, 2.45) is 5.73 Å². The molecule has 0 spiro atoms. The maximum atomic E-state index is 13.0. The number of amides is 1. The Balaban J connectivity index is 1.78. The minimum absolute atomic E-state index is 0.0731. The quantitative estimate of drug-likeness (QED) is 0.353. The molecule has 1 heterocycles. The topological polar surface area (TPSA) is 104 Å². The highest BCUT2D eigenvalue weighted by atomic mass is 79.9. The third-order valence-corrected chi connectivity index (χ3v) is 5.80. The summed E-state index contributed by atoms with van der Waals surface area (Å²) in [5.41, 5.74) is 12.1. The molecule has 7 heteroatoms. The number of carboxylic acids is 1. The van der Waals surface area contributed by atoms with E-state index in [0.717, 1.165) is 38.1 Å². The number of halogens is 1. The Morgan fingerprint density at radius 3 is 2.34 bits per heavy atom. The van der Waals surface area contributed by atoms with Gasteiger partial charge in [-0.25, -0.2) is 0 Å². The third-order valence-electron chi connectivity index (χ3n) is 5.31. The molecule has 0 bridgehead atoms. The standard InChI is InChI=1S/C25H22BrN3O3/c26-18-8-11-20-21(13-18)29-25(32)23(20)24(28-19-9-3-16(14-27)4-10-19)17-6-1-15(2-7-17)5-12-22(30)31/h1-4,6-11,13,28H,5,12,14,27H2,(H,29,32)(H,30,31). The number of fused-ring (bicyclic) bond motifs is 1. The molecule has 4 rings (SSSR count). The first kappa shape index (κ1) is 21.8. The van der Waals surface area contributed by atoms with Crippen LogP contribution in [0.5, 0.6) is 0 Å². The van der Waals surface area contributed by atoms with Crippen LogP contribution in [0.4, 0.5) is 11.4 Å². The van der Waals surface area contributed by atoms with Gasteiger partial charge in [-0.05, 0) is 47.4 Å². The second-order valence-electron chi connectivity index (χ2n) is 7.51. The molecule has 0 fully saturated rings. The van der Waals surface area contributed by atoms with Gasteiger partial charge >= 0.3 is 5.97 Å². The van der Waals surface area contributed by atoms with Crippen LogP contribution < -0.4 is 16.4 Å². The molecule has 32 heavy (non-hydrogen) atoms. The van der Waals surface area contributed by atoms with Crippen molar-refractivity contribution in [1.29, 1.82) is 0 Å². The van der Waals surface area contributed by atoms with Gasteiger partial charge in [-0.15, -0.1) is 0 Å². The van der Waals surface area contributed by atoms with Gasteiger partial charge in [0.15, 0.2) is 0 Å². The molecule has 1 aliphatic rings. The molecule has 0 atom stereocenters. The van der Waals surface area contributed by atoms with Gasteiger partial charge in [-0.3, -0.25) is 9.59 Å². The third kappa shape index (κ3) is 4.74. The Labute approximate surface area is 194 Å². The van der Waals surface area contributed by atoms with Crippen LogP contribution in [-0.4, -0.2) is 17.0 Å². The second kappa shape index (κ2) is 9.38. The van der Waals surface area contributed by atoms with E-state index in [1.807, 2.05) is 66.7 Å². The zero-order chi connectivity index (χ0) is 22.7. The van der Waals surface area contributed by atoms with Crippen molar-refractivity contribution in [3.63, 3.8) is 0 Å². The predicted molar refractivity (Wildman–Crippen MR) is 130 cm³/mol. The summed E-state index contributed by atoms with van der Waals surface area (Å²) in [6.45, 7) is 0.455. The van der Waals surface area contributed by atoms with Crippen LogP contribution in [-0.2, 0) is 22.6 Å². The summed E-state index contributed by atoms with van der Waals surface area (Å²) in [6.07, 6.45) is 0.524. The number of anilines is 2. The average Bonchev–Trinajstić information content (AvgIpc) is 3.11. The smallest absolute Gasteiger partial charge is 0.303 e. The minimum atomic E-state index is -0.829. The number of carbonyl (C=O) groups is 2. The first-order valence-corrected chi connectivity index (χ1v) is 11.0. The molecule has 6 nitrogen and oxygen atoms in total. The maximum Gasteiger partial charge on any atom is 0.303 e.